The first-order valence-electron chi connectivity index (χ1n) is 15.4. The zero-order valence-corrected chi connectivity index (χ0v) is 24.4. The molecular formula is C32H40FN5O4. The Hall–Kier alpha value is -3.37. The zero-order valence-electron chi connectivity index (χ0n) is 24.4. The number of amides is 1. The van der Waals surface area contributed by atoms with Crippen LogP contribution in [0.5, 0.6) is 5.75 Å². The van der Waals surface area contributed by atoms with Crippen LogP contribution in [-0.2, 0) is 11.2 Å². The summed E-state index contributed by atoms with van der Waals surface area (Å²) in [6.45, 7) is 6.75. The third-order valence-electron chi connectivity index (χ3n) is 9.44. The molecule has 9 nitrogen and oxygen atoms in total. The highest BCUT2D eigenvalue weighted by Crippen LogP contribution is 2.48. The second-order valence-electron chi connectivity index (χ2n) is 12.5. The van der Waals surface area contributed by atoms with Gasteiger partial charge in [-0.15, -0.1) is 0 Å². The molecule has 1 aliphatic carbocycles. The average molecular weight is 578 g/mol. The molecule has 1 unspecified atom stereocenters. The molecule has 3 atom stereocenters. The molecule has 2 aromatic carbocycles. The van der Waals surface area contributed by atoms with E-state index in [1.807, 2.05) is 29.9 Å². The van der Waals surface area contributed by atoms with Gasteiger partial charge in [0.15, 0.2) is 6.23 Å². The fourth-order valence-electron chi connectivity index (χ4n) is 6.98. The maximum absolute atomic E-state index is 15.4. The van der Waals surface area contributed by atoms with E-state index < -0.39 is 11.8 Å². The molecular weight excluding hydrogens is 537 g/mol. The lowest BCUT2D eigenvalue weighted by molar-refractivity contribution is -0.0366. The Balaban J connectivity index is 1.27. The SMILES string of the molecule is CCOc1cc(NC2CN(C(=O)O)C2)ccc1[C@@H]1c2ccc3c(cnn3C3CCCCO3)c2C[C@@H](C)N1CC1(F)CC1. The Morgan fingerprint density at radius 3 is 2.74 bits per heavy atom. The Morgan fingerprint density at radius 2 is 2.02 bits per heavy atom. The number of benzene rings is 2. The molecule has 3 fully saturated rings. The van der Waals surface area contributed by atoms with Gasteiger partial charge in [-0.1, -0.05) is 12.1 Å². The number of aromatic nitrogens is 2. The third-order valence-corrected chi connectivity index (χ3v) is 9.44. The number of halogens is 1. The first-order valence-corrected chi connectivity index (χ1v) is 15.4. The van der Waals surface area contributed by atoms with Crippen LogP contribution in [0.1, 0.15) is 74.9 Å². The number of likely N-dealkylation sites (tertiary alicyclic amines) is 1. The summed E-state index contributed by atoms with van der Waals surface area (Å²) >= 11 is 0. The summed E-state index contributed by atoms with van der Waals surface area (Å²) in [5, 5.41) is 18.6. The van der Waals surface area contributed by atoms with E-state index in [2.05, 4.69) is 35.3 Å². The summed E-state index contributed by atoms with van der Waals surface area (Å²) in [6.07, 6.45) is 6.29. The van der Waals surface area contributed by atoms with Gasteiger partial charge in [-0.25, -0.2) is 13.9 Å². The van der Waals surface area contributed by atoms with Crippen LogP contribution in [0.25, 0.3) is 10.9 Å². The van der Waals surface area contributed by atoms with Gasteiger partial charge < -0.3 is 24.8 Å². The van der Waals surface area contributed by atoms with E-state index in [1.54, 1.807) is 0 Å². The minimum Gasteiger partial charge on any atom is -0.493 e. The van der Waals surface area contributed by atoms with Crippen LogP contribution in [-0.4, -0.2) is 81.4 Å². The van der Waals surface area contributed by atoms with Gasteiger partial charge in [0.25, 0.3) is 0 Å². The largest absolute Gasteiger partial charge is 0.493 e. The van der Waals surface area contributed by atoms with Gasteiger partial charge in [-0.2, -0.15) is 5.10 Å². The van der Waals surface area contributed by atoms with Crippen molar-refractivity contribution in [2.45, 2.75) is 82.4 Å². The summed E-state index contributed by atoms with van der Waals surface area (Å²) < 4.78 is 29.8. The number of fused-ring (bicyclic) bond motifs is 3. The normalized spacial score (nSPS) is 25.6. The van der Waals surface area contributed by atoms with Gasteiger partial charge in [-0.05, 0) is 75.6 Å². The smallest absolute Gasteiger partial charge is 0.407 e. The van der Waals surface area contributed by atoms with Crippen LogP contribution >= 0.6 is 0 Å². The van der Waals surface area contributed by atoms with Crippen molar-refractivity contribution in [1.29, 1.82) is 0 Å². The van der Waals surface area contributed by atoms with Crippen molar-refractivity contribution in [3.63, 3.8) is 0 Å². The van der Waals surface area contributed by atoms with Crippen LogP contribution in [0.2, 0.25) is 0 Å². The average Bonchev–Trinajstić information content (AvgIpc) is 3.52. The molecule has 4 heterocycles. The highest BCUT2D eigenvalue weighted by atomic mass is 19.1. The van der Waals surface area contributed by atoms with Crippen LogP contribution in [0, 0.1) is 0 Å². The molecule has 0 spiro atoms. The summed E-state index contributed by atoms with van der Waals surface area (Å²) in [4.78, 5) is 14.9. The predicted octanol–water partition coefficient (Wildman–Crippen LogP) is 5.75. The van der Waals surface area contributed by atoms with Crippen LogP contribution < -0.4 is 10.1 Å². The quantitative estimate of drug-likeness (QED) is 0.352. The van der Waals surface area contributed by atoms with E-state index in [0.717, 1.165) is 60.2 Å². The lowest BCUT2D eigenvalue weighted by Gasteiger charge is -2.43. The molecule has 4 aliphatic rings. The summed E-state index contributed by atoms with van der Waals surface area (Å²) in [5.41, 5.74) is 4.30. The number of ether oxygens (including phenoxy) is 2. The first-order chi connectivity index (χ1) is 20.3. The topological polar surface area (TPSA) is 92.1 Å². The Labute approximate surface area is 245 Å². The molecule has 1 amide bonds. The fraction of sp³-hybridized carbons (Fsp3) is 0.562. The van der Waals surface area contributed by atoms with E-state index in [0.29, 0.717) is 39.1 Å². The molecule has 1 saturated carbocycles. The molecule has 3 aliphatic heterocycles. The van der Waals surface area contributed by atoms with Crippen molar-refractivity contribution in [3.8, 4) is 5.75 Å². The van der Waals surface area contributed by atoms with E-state index in [9.17, 15) is 9.90 Å². The van der Waals surface area contributed by atoms with E-state index in [1.165, 1.54) is 16.0 Å². The van der Waals surface area contributed by atoms with Gasteiger partial charge in [0.2, 0.25) is 0 Å². The molecule has 1 aromatic heterocycles. The molecule has 0 radical (unpaired) electrons. The number of rotatable bonds is 8. The predicted molar refractivity (Wildman–Crippen MR) is 158 cm³/mol. The standard InChI is InChI=1S/C32H40FN5O4/c1-3-41-28-15-21(35-22-17-36(18-22)31(39)40)7-8-24(28)30-23-9-10-27-26(16-34-38(27)29-6-4-5-13-42-29)25(23)14-20(2)37(30)19-32(33)11-12-32/h7-10,15-16,20,22,29-30,35H,3-6,11-14,17-19H2,1-2H3,(H,39,40)/t20-,29?,30+/m1/s1. The number of carbonyl (C=O) groups is 1. The number of carboxylic acid groups (broad SMARTS) is 1. The molecule has 3 aromatic rings. The maximum atomic E-state index is 15.4. The highest BCUT2D eigenvalue weighted by Gasteiger charge is 2.48. The van der Waals surface area contributed by atoms with Crippen molar-refractivity contribution in [1.82, 2.24) is 19.6 Å². The number of hydrogen-bond acceptors (Lipinski definition) is 6. The maximum Gasteiger partial charge on any atom is 0.407 e. The fourth-order valence-corrected chi connectivity index (χ4v) is 6.98. The minimum absolute atomic E-state index is 0.0354. The second kappa shape index (κ2) is 10.7. The van der Waals surface area contributed by atoms with Crippen LogP contribution in [0.4, 0.5) is 14.9 Å². The third kappa shape index (κ3) is 4.98. The minimum atomic E-state index is -1.13. The summed E-state index contributed by atoms with van der Waals surface area (Å²) in [5.74, 6) is 0.766. The van der Waals surface area contributed by atoms with Gasteiger partial charge >= 0.3 is 6.09 Å². The Morgan fingerprint density at radius 1 is 1.21 bits per heavy atom. The van der Waals surface area contributed by atoms with Gasteiger partial charge in [0.1, 0.15) is 11.4 Å². The summed E-state index contributed by atoms with van der Waals surface area (Å²) in [6, 6.07) is 10.5. The van der Waals surface area contributed by atoms with E-state index >= 15 is 4.39 Å². The molecule has 0 bridgehead atoms. The highest BCUT2D eigenvalue weighted by molar-refractivity contribution is 5.84. The van der Waals surface area contributed by atoms with Crippen molar-refractivity contribution in [2.75, 3.05) is 38.2 Å². The molecule has 42 heavy (non-hydrogen) atoms. The van der Waals surface area contributed by atoms with E-state index in [-0.39, 0.29) is 24.4 Å². The van der Waals surface area contributed by atoms with Gasteiger partial charge in [0.05, 0.1) is 30.4 Å². The van der Waals surface area contributed by atoms with Crippen molar-refractivity contribution >= 4 is 22.7 Å². The summed E-state index contributed by atoms with van der Waals surface area (Å²) in [7, 11) is 0. The van der Waals surface area contributed by atoms with Crippen molar-refractivity contribution in [2.24, 2.45) is 0 Å². The zero-order chi connectivity index (χ0) is 29.0. The number of alkyl halides is 1. The van der Waals surface area contributed by atoms with Crippen LogP contribution in [0.3, 0.4) is 0 Å². The molecule has 10 heteroatoms. The molecule has 2 N–H and O–H groups in total. The molecule has 7 rings (SSSR count). The number of anilines is 1. The first kappa shape index (κ1) is 27.5. The number of hydrogen-bond donors (Lipinski definition) is 2. The monoisotopic (exact) mass is 577 g/mol. The second-order valence-corrected chi connectivity index (χ2v) is 12.5. The Bertz CT molecular complexity index is 1480. The lowest BCUT2D eigenvalue weighted by atomic mass is 9.83. The van der Waals surface area contributed by atoms with E-state index in [4.69, 9.17) is 14.6 Å². The molecule has 224 valence electrons. The van der Waals surface area contributed by atoms with Crippen molar-refractivity contribution in [3.05, 3.63) is 53.2 Å². The van der Waals surface area contributed by atoms with Gasteiger partial charge in [0, 0.05) is 55.0 Å². The number of nitrogens with zero attached hydrogens (tertiary/aromatic N) is 4. The lowest BCUT2D eigenvalue weighted by Crippen LogP contribution is -2.56. The molecule has 2 saturated heterocycles. The Kier molecular flexibility index (Phi) is 7.01. The number of nitrogens with one attached hydrogen (secondary N) is 1. The van der Waals surface area contributed by atoms with Crippen molar-refractivity contribution < 1.29 is 23.8 Å². The van der Waals surface area contributed by atoms with Crippen LogP contribution in [0.15, 0.2) is 36.5 Å². The van der Waals surface area contributed by atoms with Gasteiger partial charge in [-0.3, -0.25) is 4.90 Å².